The van der Waals surface area contributed by atoms with Gasteiger partial charge in [0, 0.05) is 36.8 Å². The van der Waals surface area contributed by atoms with Crippen molar-refractivity contribution < 1.29 is 28.5 Å². The molecule has 40 heavy (non-hydrogen) atoms. The van der Waals surface area contributed by atoms with E-state index in [0.29, 0.717) is 17.7 Å². The van der Waals surface area contributed by atoms with E-state index in [2.05, 4.69) is 34.1 Å². The zero-order valence-corrected chi connectivity index (χ0v) is 23.9. The molecule has 1 N–H and O–H groups in total. The quantitative estimate of drug-likeness (QED) is 0.462. The van der Waals surface area contributed by atoms with E-state index < -0.39 is 24.1 Å². The minimum absolute atomic E-state index is 0.0488. The molecule has 0 spiro atoms. The largest absolute Gasteiger partial charge is 0.496 e. The summed E-state index contributed by atoms with van der Waals surface area (Å²) in [6, 6.07) is 12.2. The molecule has 0 bridgehead atoms. The number of methoxy groups -OCH3 is 3. The molecule has 2 aliphatic heterocycles. The van der Waals surface area contributed by atoms with Gasteiger partial charge in [0.1, 0.15) is 18.0 Å². The zero-order chi connectivity index (χ0) is 28.1. The standard InChI is InChI=1S/C32H38N2O6/c1-17-12-19(13-26(37-3)18(17)2)31(35)40-27-14-20-16-34-11-10-22-21-8-6-7-9-24(21)33-29(22)25(34)15-23(20)28(30(27)38-4)32(36)39-5/h6-9,12-13,20,23,25,27-28,30,33H,10-11,14-16H2,1-5H3/t20-,23+,25-,27-,28+,30+/m1/s1. The fourth-order valence-electron chi connectivity index (χ4n) is 7.56. The smallest absolute Gasteiger partial charge is 0.338 e. The third kappa shape index (κ3) is 4.38. The van der Waals surface area contributed by atoms with E-state index in [1.807, 2.05) is 19.9 Å². The van der Waals surface area contributed by atoms with Crippen molar-refractivity contribution in [3.63, 3.8) is 0 Å². The van der Waals surface area contributed by atoms with Crippen molar-refractivity contribution in [1.82, 2.24) is 9.88 Å². The molecule has 1 saturated heterocycles. The number of rotatable bonds is 5. The van der Waals surface area contributed by atoms with Crippen LogP contribution < -0.4 is 4.74 Å². The van der Waals surface area contributed by atoms with Gasteiger partial charge in [-0.3, -0.25) is 9.69 Å². The van der Waals surface area contributed by atoms with Crippen LogP contribution in [0.1, 0.15) is 51.6 Å². The maximum absolute atomic E-state index is 13.4. The minimum atomic E-state index is -0.594. The van der Waals surface area contributed by atoms with E-state index in [4.69, 9.17) is 18.9 Å². The molecular formula is C32H38N2O6. The number of H-pyrrole nitrogens is 1. The number of fused-ring (bicyclic) bond motifs is 6. The van der Waals surface area contributed by atoms with Crippen LogP contribution >= 0.6 is 0 Å². The third-order valence-corrected chi connectivity index (χ3v) is 9.64. The highest BCUT2D eigenvalue weighted by molar-refractivity contribution is 5.90. The second kappa shape index (κ2) is 10.6. The average molecular weight is 547 g/mol. The van der Waals surface area contributed by atoms with Crippen LogP contribution in [-0.4, -0.2) is 68.4 Å². The number of carbonyl (C=O) groups excluding carboxylic acids is 2. The molecule has 6 rings (SSSR count). The number of hydrogen-bond donors (Lipinski definition) is 1. The molecule has 3 aromatic rings. The van der Waals surface area contributed by atoms with E-state index in [0.717, 1.165) is 42.6 Å². The highest BCUT2D eigenvalue weighted by Gasteiger charge is 2.54. The highest BCUT2D eigenvalue weighted by Crippen LogP contribution is 2.50. The molecule has 1 saturated carbocycles. The van der Waals surface area contributed by atoms with E-state index in [1.54, 1.807) is 20.3 Å². The topological polar surface area (TPSA) is 90.1 Å². The predicted molar refractivity (Wildman–Crippen MR) is 151 cm³/mol. The summed E-state index contributed by atoms with van der Waals surface area (Å²) in [6.07, 6.45) is 1.28. The molecule has 0 unspecified atom stereocenters. The van der Waals surface area contributed by atoms with Crippen LogP contribution in [0.25, 0.3) is 10.9 Å². The first-order chi connectivity index (χ1) is 19.3. The van der Waals surface area contributed by atoms with Crippen LogP contribution in [-0.2, 0) is 25.4 Å². The summed E-state index contributed by atoms with van der Waals surface area (Å²) in [7, 11) is 4.61. The number of aryl methyl sites for hydroxylation is 1. The molecule has 0 amide bonds. The first-order valence-electron chi connectivity index (χ1n) is 14.1. The third-order valence-electron chi connectivity index (χ3n) is 9.64. The Morgan fingerprint density at radius 2 is 1.85 bits per heavy atom. The van der Waals surface area contributed by atoms with Crippen molar-refractivity contribution in [2.75, 3.05) is 34.4 Å². The molecule has 1 aromatic heterocycles. The maximum Gasteiger partial charge on any atom is 0.338 e. The van der Waals surface area contributed by atoms with Crippen molar-refractivity contribution in [3.05, 3.63) is 64.3 Å². The summed E-state index contributed by atoms with van der Waals surface area (Å²) >= 11 is 0. The molecule has 212 valence electrons. The van der Waals surface area contributed by atoms with Gasteiger partial charge in [-0.1, -0.05) is 18.2 Å². The van der Waals surface area contributed by atoms with Crippen LogP contribution in [0.15, 0.2) is 36.4 Å². The second-order valence-corrected chi connectivity index (χ2v) is 11.5. The first-order valence-corrected chi connectivity index (χ1v) is 14.1. The van der Waals surface area contributed by atoms with Crippen molar-refractivity contribution in [2.45, 2.75) is 51.4 Å². The van der Waals surface area contributed by atoms with Gasteiger partial charge in [-0.15, -0.1) is 0 Å². The lowest BCUT2D eigenvalue weighted by Gasteiger charge is -2.52. The summed E-state index contributed by atoms with van der Waals surface area (Å²) < 4.78 is 22.9. The number of carbonyl (C=O) groups is 2. The molecule has 3 heterocycles. The van der Waals surface area contributed by atoms with Gasteiger partial charge in [-0.05, 0) is 79.8 Å². The van der Waals surface area contributed by atoms with Crippen molar-refractivity contribution in [2.24, 2.45) is 17.8 Å². The number of ether oxygens (including phenoxy) is 4. The lowest BCUT2D eigenvalue weighted by Crippen LogP contribution is -2.58. The number of aromatic amines is 1. The fourth-order valence-corrected chi connectivity index (χ4v) is 7.56. The number of nitrogens with one attached hydrogen (secondary N) is 1. The minimum Gasteiger partial charge on any atom is -0.496 e. The Morgan fingerprint density at radius 1 is 1.05 bits per heavy atom. The van der Waals surface area contributed by atoms with Gasteiger partial charge in [0.05, 0.1) is 31.7 Å². The van der Waals surface area contributed by atoms with Gasteiger partial charge in [0.15, 0.2) is 0 Å². The van der Waals surface area contributed by atoms with Crippen molar-refractivity contribution >= 4 is 22.8 Å². The maximum atomic E-state index is 13.4. The van der Waals surface area contributed by atoms with Crippen LogP contribution in [0, 0.1) is 31.6 Å². The number of nitrogens with zero attached hydrogens (tertiary/aromatic N) is 1. The van der Waals surface area contributed by atoms with Crippen molar-refractivity contribution in [1.29, 1.82) is 0 Å². The van der Waals surface area contributed by atoms with Gasteiger partial charge in [0.25, 0.3) is 0 Å². The summed E-state index contributed by atoms with van der Waals surface area (Å²) in [5.41, 5.74) is 6.18. The first kappa shape index (κ1) is 26.8. The molecule has 2 fully saturated rings. The Hall–Kier alpha value is -3.36. The number of esters is 2. The number of para-hydroxylation sites is 1. The molecular weight excluding hydrogens is 508 g/mol. The Labute approximate surface area is 234 Å². The van der Waals surface area contributed by atoms with Crippen LogP contribution in [0.3, 0.4) is 0 Å². The Kier molecular flexibility index (Phi) is 7.09. The molecule has 0 radical (unpaired) electrons. The molecule has 6 atom stereocenters. The zero-order valence-electron chi connectivity index (χ0n) is 23.9. The Morgan fingerprint density at radius 3 is 2.60 bits per heavy atom. The number of benzene rings is 2. The lowest BCUT2D eigenvalue weighted by molar-refractivity contribution is -0.176. The molecule has 8 heteroatoms. The van der Waals surface area contributed by atoms with Crippen LogP contribution in [0.5, 0.6) is 5.75 Å². The Bertz CT molecular complexity index is 1450. The normalized spacial score (nSPS) is 27.8. The number of piperidine rings is 1. The predicted octanol–water partition coefficient (Wildman–Crippen LogP) is 4.76. The lowest BCUT2D eigenvalue weighted by atomic mass is 9.63. The van der Waals surface area contributed by atoms with Crippen molar-refractivity contribution in [3.8, 4) is 5.75 Å². The molecule has 1 aliphatic carbocycles. The van der Waals surface area contributed by atoms with Gasteiger partial charge in [-0.25, -0.2) is 4.79 Å². The average Bonchev–Trinajstić information content (AvgIpc) is 3.35. The highest BCUT2D eigenvalue weighted by atomic mass is 16.6. The fraction of sp³-hybridized carbons (Fsp3) is 0.500. The molecule has 3 aliphatic rings. The van der Waals surface area contributed by atoms with E-state index >= 15 is 0 Å². The van der Waals surface area contributed by atoms with Gasteiger partial charge in [0.2, 0.25) is 0 Å². The second-order valence-electron chi connectivity index (χ2n) is 11.5. The summed E-state index contributed by atoms with van der Waals surface area (Å²) in [6.45, 7) is 5.70. The number of aromatic nitrogens is 1. The SMILES string of the molecule is COC(=O)[C@H]1[C@H]2C[C@@H]3c4[nH]c5ccccc5c4CCN3C[C@H]2C[C@@H](OC(=O)c2cc(C)c(C)c(OC)c2)[C@@H]1OC. The Balaban J connectivity index is 1.30. The van der Waals surface area contributed by atoms with E-state index in [1.165, 1.54) is 23.8 Å². The number of hydrogen-bond acceptors (Lipinski definition) is 7. The monoisotopic (exact) mass is 546 g/mol. The summed E-state index contributed by atoms with van der Waals surface area (Å²) in [4.78, 5) is 33.0. The summed E-state index contributed by atoms with van der Waals surface area (Å²) in [5, 5.41) is 1.29. The van der Waals surface area contributed by atoms with Gasteiger partial charge >= 0.3 is 11.9 Å². The van der Waals surface area contributed by atoms with E-state index in [9.17, 15) is 9.59 Å². The molecule has 8 nitrogen and oxygen atoms in total. The van der Waals surface area contributed by atoms with Crippen LogP contribution in [0.2, 0.25) is 0 Å². The summed E-state index contributed by atoms with van der Waals surface area (Å²) in [5.74, 6) is -0.414. The molecule has 2 aromatic carbocycles. The van der Waals surface area contributed by atoms with Crippen LogP contribution in [0.4, 0.5) is 0 Å². The van der Waals surface area contributed by atoms with Gasteiger partial charge < -0.3 is 23.9 Å². The van der Waals surface area contributed by atoms with E-state index in [-0.39, 0.29) is 23.8 Å². The van der Waals surface area contributed by atoms with Gasteiger partial charge in [-0.2, -0.15) is 0 Å².